The molecule has 0 aliphatic carbocycles. The summed E-state index contributed by atoms with van der Waals surface area (Å²) in [7, 11) is 1.30. The van der Waals surface area contributed by atoms with Gasteiger partial charge < -0.3 is 4.74 Å². The van der Waals surface area contributed by atoms with Crippen LogP contribution in [-0.4, -0.2) is 29.0 Å². The van der Waals surface area contributed by atoms with E-state index in [1.54, 1.807) is 18.2 Å². The van der Waals surface area contributed by atoms with E-state index >= 15 is 0 Å². The average molecular weight is 305 g/mol. The molecule has 0 aliphatic rings. The van der Waals surface area contributed by atoms with E-state index in [-0.39, 0.29) is 17.5 Å². The highest BCUT2D eigenvalue weighted by Crippen LogP contribution is 2.30. The lowest BCUT2D eigenvalue weighted by Gasteiger charge is -2.02. The van der Waals surface area contributed by atoms with Gasteiger partial charge in [-0.25, -0.2) is 9.78 Å². The number of nitrogens with zero attached hydrogens (tertiary/aromatic N) is 2. The summed E-state index contributed by atoms with van der Waals surface area (Å²) in [6.45, 7) is 3.90. The number of thiazole rings is 1. The Balaban J connectivity index is 2.25. The van der Waals surface area contributed by atoms with Gasteiger partial charge in [0.25, 0.3) is 5.91 Å². The summed E-state index contributed by atoms with van der Waals surface area (Å²) in [4.78, 5) is 32.6. The molecular weight excluding hydrogens is 290 g/mol. The van der Waals surface area contributed by atoms with Gasteiger partial charge in [0.1, 0.15) is 5.69 Å². The van der Waals surface area contributed by atoms with Gasteiger partial charge in [0.15, 0.2) is 10.8 Å². The molecular formula is C14H15N3O3S. The Hall–Kier alpha value is -2.28. The Morgan fingerprint density at radius 2 is 2.10 bits per heavy atom. The second-order valence-corrected chi connectivity index (χ2v) is 5.58. The topological polar surface area (TPSA) is 81.2 Å². The van der Waals surface area contributed by atoms with Crippen molar-refractivity contribution >= 4 is 28.3 Å². The number of methoxy groups -OCH3 is 1. The molecule has 2 heterocycles. The number of aromatic nitrogens is 2. The molecule has 2 aromatic heterocycles. The highest BCUT2D eigenvalue weighted by atomic mass is 32.1. The number of carbonyl (C=O) groups is 2. The monoisotopic (exact) mass is 305 g/mol. The van der Waals surface area contributed by atoms with Gasteiger partial charge >= 0.3 is 5.97 Å². The number of ether oxygens (including phenoxy) is 1. The van der Waals surface area contributed by atoms with Crippen molar-refractivity contribution in [3.63, 3.8) is 0 Å². The van der Waals surface area contributed by atoms with Gasteiger partial charge in [-0.2, -0.15) is 0 Å². The van der Waals surface area contributed by atoms with Crippen molar-refractivity contribution in [1.82, 2.24) is 9.97 Å². The van der Waals surface area contributed by atoms with E-state index in [1.165, 1.54) is 24.6 Å². The Morgan fingerprint density at radius 1 is 1.33 bits per heavy atom. The lowest BCUT2D eigenvalue weighted by molar-refractivity contribution is 0.0593. The second-order valence-electron chi connectivity index (χ2n) is 4.55. The molecule has 0 saturated heterocycles. The van der Waals surface area contributed by atoms with Gasteiger partial charge in [0, 0.05) is 11.1 Å². The first-order valence-electron chi connectivity index (χ1n) is 6.34. The minimum atomic E-state index is -0.506. The summed E-state index contributed by atoms with van der Waals surface area (Å²) in [6.07, 6.45) is 1.54. The Kier molecular flexibility index (Phi) is 4.64. The van der Waals surface area contributed by atoms with Gasteiger partial charge in [-0.15, -0.1) is 11.3 Å². The van der Waals surface area contributed by atoms with Crippen molar-refractivity contribution in [3.05, 3.63) is 40.7 Å². The third-order valence-corrected chi connectivity index (χ3v) is 3.95. The van der Waals surface area contributed by atoms with E-state index in [2.05, 4.69) is 15.3 Å². The smallest absolute Gasteiger partial charge is 0.357 e. The third kappa shape index (κ3) is 3.43. The number of hydrogen-bond acceptors (Lipinski definition) is 6. The highest BCUT2D eigenvalue weighted by Gasteiger charge is 2.22. The average Bonchev–Trinajstić information content (AvgIpc) is 2.91. The molecule has 0 spiro atoms. The van der Waals surface area contributed by atoms with Crippen molar-refractivity contribution in [3.8, 4) is 0 Å². The number of pyridine rings is 1. The molecule has 0 aliphatic heterocycles. The van der Waals surface area contributed by atoms with Crippen LogP contribution in [0.5, 0.6) is 0 Å². The zero-order chi connectivity index (χ0) is 15.4. The van der Waals surface area contributed by atoms with E-state index in [0.717, 1.165) is 4.88 Å². The van der Waals surface area contributed by atoms with Gasteiger partial charge in [-0.3, -0.25) is 15.1 Å². The van der Waals surface area contributed by atoms with Crippen LogP contribution in [0.1, 0.15) is 45.6 Å². The van der Waals surface area contributed by atoms with Crippen LogP contribution < -0.4 is 5.32 Å². The van der Waals surface area contributed by atoms with E-state index < -0.39 is 5.97 Å². The molecule has 0 saturated carbocycles. The van der Waals surface area contributed by atoms with E-state index in [9.17, 15) is 9.59 Å². The molecule has 0 bridgehead atoms. The maximum atomic E-state index is 12.0. The summed E-state index contributed by atoms with van der Waals surface area (Å²) in [5.74, 6) is -0.763. The van der Waals surface area contributed by atoms with Crippen LogP contribution >= 0.6 is 11.3 Å². The minimum absolute atomic E-state index is 0.108. The maximum absolute atomic E-state index is 12.0. The third-order valence-electron chi connectivity index (χ3n) is 2.67. The van der Waals surface area contributed by atoms with Gasteiger partial charge in [0.05, 0.1) is 7.11 Å². The predicted molar refractivity (Wildman–Crippen MR) is 79.7 cm³/mol. The molecule has 0 fully saturated rings. The Bertz CT molecular complexity index is 653. The minimum Gasteiger partial charge on any atom is -0.464 e. The van der Waals surface area contributed by atoms with Crippen molar-refractivity contribution in [2.24, 2.45) is 0 Å². The summed E-state index contributed by atoms with van der Waals surface area (Å²) in [5, 5.41) is 3.01. The largest absolute Gasteiger partial charge is 0.464 e. The van der Waals surface area contributed by atoms with E-state index in [0.29, 0.717) is 10.8 Å². The molecule has 1 amide bonds. The molecule has 0 radical (unpaired) electrons. The number of rotatable bonds is 4. The molecule has 1 N–H and O–H groups in total. The van der Waals surface area contributed by atoms with Crippen LogP contribution in [0, 0.1) is 0 Å². The number of nitrogens with one attached hydrogen (secondary N) is 1. The molecule has 0 aromatic carbocycles. The standard InChI is InChI=1S/C14H15N3O3S/c1-8(2)11-10(13(19)20-3)16-14(21-11)17-12(18)9-6-4-5-7-15-9/h4-8H,1-3H3,(H,16,17,18). The summed E-state index contributed by atoms with van der Waals surface area (Å²) in [5.41, 5.74) is 0.534. The second kappa shape index (κ2) is 6.45. The number of carbonyl (C=O) groups excluding carboxylic acids is 2. The molecule has 0 unspecified atom stereocenters. The molecule has 0 atom stereocenters. The van der Waals surface area contributed by atoms with Crippen LogP contribution in [-0.2, 0) is 4.74 Å². The number of esters is 1. The maximum Gasteiger partial charge on any atom is 0.357 e. The Morgan fingerprint density at radius 3 is 2.67 bits per heavy atom. The fraction of sp³-hybridized carbons (Fsp3) is 0.286. The summed E-state index contributed by atoms with van der Waals surface area (Å²) in [6, 6.07) is 5.06. The zero-order valence-corrected chi connectivity index (χ0v) is 12.7. The van der Waals surface area contributed by atoms with Crippen molar-refractivity contribution in [2.45, 2.75) is 19.8 Å². The summed E-state index contributed by atoms with van der Waals surface area (Å²) < 4.78 is 4.71. The quantitative estimate of drug-likeness (QED) is 0.878. The van der Waals surface area contributed by atoms with Crippen LogP contribution in [0.3, 0.4) is 0 Å². The van der Waals surface area contributed by atoms with Crippen molar-refractivity contribution in [2.75, 3.05) is 12.4 Å². The first kappa shape index (κ1) is 15.1. The zero-order valence-electron chi connectivity index (χ0n) is 11.9. The van der Waals surface area contributed by atoms with Crippen LogP contribution in [0.2, 0.25) is 0 Å². The first-order chi connectivity index (χ1) is 10.0. The van der Waals surface area contributed by atoms with Crippen LogP contribution in [0.4, 0.5) is 5.13 Å². The lowest BCUT2D eigenvalue weighted by Crippen LogP contribution is -2.13. The summed E-state index contributed by atoms with van der Waals surface area (Å²) >= 11 is 1.26. The predicted octanol–water partition coefficient (Wildman–Crippen LogP) is 2.70. The molecule has 2 aromatic rings. The Labute approximate surface area is 126 Å². The SMILES string of the molecule is COC(=O)c1nc(NC(=O)c2ccccn2)sc1C(C)C. The van der Waals surface area contributed by atoms with Crippen molar-refractivity contribution < 1.29 is 14.3 Å². The van der Waals surface area contributed by atoms with Gasteiger partial charge in [0.2, 0.25) is 0 Å². The van der Waals surface area contributed by atoms with Gasteiger partial charge in [-0.1, -0.05) is 19.9 Å². The van der Waals surface area contributed by atoms with E-state index in [4.69, 9.17) is 4.74 Å². The molecule has 6 nitrogen and oxygen atoms in total. The fourth-order valence-corrected chi connectivity index (χ4v) is 2.63. The fourth-order valence-electron chi connectivity index (χ4n) is 1.68. The van der Waals surface area contributed by atoms with Gasteiger partial charge in [-0.05, 0) is 18.1 Å². The highest BCUT2D eigenvalue weighted by molar-refractivity contribution is 7.16. The number of amides is 1. The van der Waals surface area contributed by atoms with Crippen LogP contribution in [0.25, 0.3) is 0 Å². The molecule has 21 heavy (non-hydrogen) atoms. The first-order valence-corrected chi connectivity index (χ1v) is 7.16. The molecule has 7 heteroatoms. The molecule has 2 rings (SSSR count). The van der Waals surface area contributed by atoms with Crippen molar-refractivity contribution in [1.29, 1.82) is 0 Å². The normalized spacial score (nSPS) is 10.5. The van der Waals surface area contributed by atoms with Crippen LogP contribution in [0.15, 0.2) is 24.4 Å². The van der Waals surface area contributed by atoms with E-state index in [1.807, 2.05) is 13.8 Å². The number of hydrogen-bond donors (Lipinski definition) is 1. The number of anilines is 1. The lowest BCUT2D eigenvalue weighted by atomic mass is 10.1. The molecule has 110 valence electrons.